The fraction of sp³-hybridized carbons (Fsp3) is 0.500. The summed E-state index contributed by atoms with van der Waals surface area (Å²) in [4.78, 5) is 10.1. The number of nitrogens with zero attached hydrogens (tertiary/aromatic N) is 1. The molecule has 1 fully saturated rings. The monoisotopic (exact) mass is 270 g/mol. The maximum absolute atomic E-state index is 10.6. The maximum atomic E-state index is 10.6. The number of hydrogen-bond acceptors (Lipinski definition) is 4. The van der Waals surface area contributed by atoms with Gasteiger partial charge in [0.1, 0.15) is 0 Å². The number of nitro groups is 1. The third kappa shape index (κ3) is 3.41. The van der Waals surface area contributed by atoms with Gasteiger partial charge in [-0.2, -0.15) is 0 Å². The van der Waals surface area contributed by atoms with Gasteiger partial charge < -0.3 is 10.1 Å². The summed E-state index contributed by atoms with van der Waals surface area (Å²) in [5.74, 6) is 0. The van der Waals surface area contributed by atoms with E-state index in [1.807, 2.05) is 0 Å². The standard InChI is InChI=1S/C12H15ClN2O3/c13-12-6-10(15(16)17)4-3-9(12)8-18-11-2-1-5-14-7-11/h3-4,6,11,14H,1-2,5,7-8H2/t11-/m0/s1. The minimum Gasteiger partial charge on any atom is -0.372 e. The van der Waals surface area contributed by atoms with Crippen LogP contribution in [0.1, 0.15) is 18.4 Å². The summed E-state index contributed by atoms with van der Waals surface area (Å²) in [6.07, 6.45) is 2.35. The second-order valence-corrected chi connectivity index (χ2v) is 4.72. The van der Waals surface area contributed by atoms with Crippen LogP contribution in [-0.4, -0.2) is 24.1 Å². The van der Waals surface area contributed by atoms with E-state index in [1.54, 1.807) is 6.07 Å². The molecule has 1 heterocycles. The van der Waals surface area contributed by atoms with Crippen LogP contribution >= 0.6 is 11.6 Å². The fourth-order valence-electron chi connectivity index (χ4n) is 1.94. The molecule has 1 N–H and O–H groups in total. The van der Waals surface area contributed by atoms with Crippen LogP contribution in [0.4, 0.5) is 5.69 Å². The highest BCUT2D eigenvalue weighted by Gasteiger charge is 2.15. The van der Waals surface area contributed by atoms with E-state index < -0.39 is 4.92 Å². The first kappa shape index (κ1) is 13.3. The van der Waals surface area contributed by atoms with Gasteiger partial charge in [0, 0.05) is 18.7 Å². The molecular formula is C12H15ClN2O3. The molecule has 0 spiro atoms. The Hall–Kier alpha value is -1.17. The molecule has 1 aliphatic rings. The Morgan fingerprint density at radius 1 is 1.56 bits per heavy atom. The first-order valence-electron chi connectivity index (χ1n) is 5.92. The van der Waals surface area contributed by atoms with Gasteiger partial charge in [0.25, 0.3) is 5.69 Å². The molecular weight excluding hydrogens is 256 g/mol. The molecule has 6 heteroatoms. The molecule has 0 amide bonds. The van der Waals surface area contributed by atoms with Crippen molar-refractivity contribution in [3.8, 4) is 0 Å². The zero-order valence-corrected chi connectivity index (χ0v) is 10.7. The normalized spacial score (nSPS) is 19.7. The molecule has 1 aromatic carbocycles. The second kappa shape index (κ2) is 6.13. The summed E-state index contributed by atoms with van der Waals surface area (Å²) in [7, 11) is 0. The van der Waals surface area contributed by atoms with E-state index >= 15 is 0 Å². The van der Waals surface area contributed by atoms with Crippen LogP contribution in [0.25, 0.3) is 0 Å². The van der Waals surface area contributed by atoms with Crippen molar-refractivity contribution in [1.29, 1.82) is 0 Å². The zero-order valence-electron chi connectivity index (χ0n) is 9.89. The van der Waals surface area contributed by atoms with E-state index in [9.17, 15) is 10.1 Å². The van der Waals surface area contributed by atoms with Crippen molar-refractivity contribution in [2.45, 2.75) is 25.6 Å². The van der Waals surface area contributed by atoms with Gasteiger partial charge in [-0.05, 0) is 31.0 Å². The zero-order chi connectivity index (χ0) is 13.0. The molecule has 1 aromatic rings. The summed E-state index contributed by atoms with van der Waals surface area (Å²) < 4.78 is 5.73. The number of non-ortho nitro benzene ring substituents is 1. The number of benzene rings is 1. The first-order chi connectivity index (χ1) is 8.66. The highest BCUT2D eigenvalue weighted by atomic mass is 35.5. The molecule has 18 heavy (non-hydrogen) atoms. The Labute approximate surface area is 110 Å². The topological polar surface area (TPSA) is 64.4 Å². The van der Waals surface area contributed by atoms with Gasteiger partial charge >= 0.3 is 0 Å². The quantitative estimate of drug-likeness (QED) is 0.674. The molecule has 0 bridgehead atoms. The highest BCUT2D eigenvalue weighted by molar-refractivity contribution is 6.31. The van der Waals surface area contributed by atoms with Crippen LogP contribution < -0.4 is 5.32 Å². The van der Waals surface area contributed by atoms with E-state index in [0.29, 0.717) is 11.6 Å². The molecule has 98 valence electrons. The predicted octanol–water partition coefficient (Wildman–Crippen LogP) is 2.52. The molecule has 5 nitrogen and oxygen atoms in total. The van der Waals surface area contributed by atoms with E-state index in [1.165, 1.54) is 12.1 Å². The van der Waals surface area contributed by atoms with Gasteiger partial charge in [0.05, 0.1) is 22.7 Å². The van der Waals surface area contributed by atoms with Crippen molar-refractivity contribution >= 4 is 17.3 Å². The minimum absolute atomic E-state index is 0.00285. The number of hydrogen-bond donors (Lipinski definition) is 1. The lowest BCUT2D eigenvalue weighted by molar-refractivity contribution is -0.384. The van der Waals surface area contributed by atoms with Gasteiger partial charge in [0.2, 0.25) is 0 Å². The molecule has 0 aromatic heterocycles. The van der Waals surface area contributed by atoms with Crippen LogP contribution in [0.15, 0.2) is 18.2 Å². The molecule has 2 rings (SSSR count). The Morgan fingerprint density at radius 3 is 3.00 bits per heavy atom. The molecule has 0 radical (unpaired) electrons. The number of ether oxygens (including phenoxy) is 1. The van der Waals surface area contributed by atoms with Crippen LogP contribution in [-0.2, 0) is 11.3 Å². The van der Waals surface area contributed by atoms with Gasteiger partial charge in [-0.15, -0.1) is 0 Å². The number of piperidine rings is 1. The Balaban J connectivity index is 1.94. The molecule has 1 saturated heterocycles. The van der Waals surface area contributed by atoms with Gasteiger partial charge in [-0.1, -0.05) is 11.6 Å². The molecule has 1 atom stereocenters. The number of halogens is 1. The minimum atomic E-state index is -0.457. The van der Waals surface area contributed by atoms with Crippen molar-refractivity contribution in [1.82, 2.24) is 5.32 Å². The number of nitro benzene ring substituents is 1. The third-order valence-electron chi connectivity index (χ3n) is 2.97. The number of nitrogens with one attached hydrogen (secondary N) is 1. The largest absolute Gasteiger partial charge is 0.372 e. The molecule has 0 aliphatic carbocycles. The summed E-state index contributed by atoms with van der Waals surface area (Å²) in [5, 5.41) is 14.2. The molecule has 0 unspecified atom stereocenters. The Bertz CT molecular complexity index is 433. The Kier molecular flexibility index (Phi) is 4.52. The average molecular weight is 271 g/mol. The van der Waals surface area contributed by atoms with E-state index in [0.717, 1.165) is 31.5 Å². The van der Waals surface area contributed by atoms with Crippen LogP contribution in [0.5, 0.6) is 0 Å². The van der Waals surface area contributed by atoms with Crippen molar-refractivity contribution < 1.29 is 9.66 Å². The predicted molar refractivity (Wildman–Crippen MR) is 68.8 cm³/mol. The van der Waals surface area contributed by atoms with E-state index in [-0.39, 0.29) is 11.8 Å². The van der Waals surface area contributed by atoms with Gasteiger partial charge in [-0.3, -0.25) is 10.1 Å². The lowest BCUT2D eigenvalue weighted by Gasteiger charge is -2.23. The lowest BCUT2D eigenvalue weighted by Crippen LogP contribution is -2.35. The Morgan fingerprint density at radius 2 is 2.39 bits per heavy atom. The average Bonchev–Trinajstić information content (AvgIpc) is 2.38. The lowest BCUT2D eigenvalue weighted by atomic mass is 10.1. The number of rotatable bonds is 4. The van der Waals surface area contributed by atoms with Gasteiger partial charge in [-0.25, -0.2) is 0 Å². The van der Waals surface area contributed by atoms with Crippen molar-refractivity contribution in [3.63, 3.8) is 0 Å². The smallest absolute Gasteiger partial charge is 0.270 e. The molecule has 0 saturated carbocycles. The fourth-order valence-corrected chi connectivity index (χ4v) is 2.17. The maximum Gasteiger partial charge on any atom is 0.270 e. The second-order valence-electron chi connectivity index (χ2n) is 4.31. The van der Waals surface area contributed by atoms with Crippen LogP contribution in [0, 0.1) is 10.1 Å². The third-order valence-corrected chi connectivity index (χ3v) is 3.33. The van der Waals surface area contributed by atoms with Crippen LogP contribution in [0.3, 0.4) is 0 Å². The SMILES string of the molecule is O=[N+]([O-])c1ccc(CO[C@H]2CCCNC2)c(Cl)c1. The summed E-state index contributed by atoms with van der Waals surface area (Å²) >= 11 is 5.99. The van der Waals surface area contributed by atoms with E-state index in [2.05, 4.69) is 5.32 Å². The summed E-state index contributed by atoms with van der Waals surface area (Å²) in [5.41, 5.74) is 0.788. The molecule has 1 aliphatic heterocycles. The highest BCUT2D eigenvalue weighted by Crippen LogP contribution is 2.23. The van der Waals surface area contributed by atoms with Crippen LogP contribution in [0.2, 0.25) is 5.02 Å². The van der Waals surface area contributed by atoms with Gasteiger partial charge in [0.15, 0.2) is 0 Å². The van der Waals surface area contributed by atoms with Crippen molar-refractivity contribution in [2.75, 3.05) is 13.1 Å². The van der Waals surface area contributed by atoms with E-state index in [4.69, 9.17) is 16.3 Å². The summed E-state index contributed by atoms with van der Waals surface area (Å²) in [6.45, 7) is 2.28. The van der Waals surface area contributed by atoms with Crippen molar-refractivity contribution in [3.05, 3.63) is 38.9 Å². The first-order valence-corrected chi connectivity index (χ1v) is 6.30. The van der Waals surface area contributed by atoms with Crippen molar-refractivity contribution in [2.24, 2.45) is 0 Å². The summed E-state index contributed by atoms with van der Waals surface area (Å²) in [6, 6.07) is 4.46.